The van der Waals surface area contributed by atoms with Crippen LogP contribution in [0.5, 0.6) is 17.2 Å². The van der Waals surface area contributed by atoms with Crippen LogP contribution in [0.25, 0.3) is 32.3 Å². The first kappa shape index (κ1) is 69.4. The van der Waals surface area contributed by atoms with E-state index in [1.165, 1.54) is 0 Å². The number of fused-ring (bicyclic) bond motifs is 3. The number of hydrogen-bond acceptors (Lipinski definition) is 40. The van der Waals surface area contributed by atoms with E-state index in [0.717, 1.165) is 66.7 Å². The molecule has 484 valence electrons. The summed E-state index contributed by atoms with van der Waals surface area (Å²) >= 11 is 0.365. The first-order valence-electron chi connectivity index (χ1n) is 22.8. The van der Waals surface area contributed by atoms with Crippen LogP contribution in [0.2, 0.25) is 0 Å². The molecule has 0 atom stereocenters. The van der Waals surface area contributed by atoms with Crippen molar-refractivity contribution in [3.8, 4) is 17.2 Å². The largest absolute Gasteiger partial charge is 0.505 e. The van der Waals surface area contributed by atoms with Gasteiger partial charge >= 0.3 is 0 Å². The predicted molar refractivity (Wildman–Crippen MR) is 306 cm³/mol. The second-order valence-corrected chi connectivity index (χ2v) is 25.4. The van der Waals surface area contributed by atoms with Gasteiger partial charge in [0, 0.05) is 51.2 Å². The number of aromatic hydroxyl groups is 3. The molecule has 0 aliphatic carbocycles. The Hall–Kier alpha value is -8.50. The number of anilines is 1. The third kappa shape index (κ3) is 15.0. The lowest BCUT2D eigenvalue weighted by molar-refractivity contribution is -0.432. The van der Waals surface area contributed by atoms with Gasteiger partial charge in [-0.3, -0.25) is 38.4 Å². The van der Waals surface area contributed by atoms with Crippen LogP contribution in [0.3, 0.4) is 0 Å². The summed E-state index contributed by atoms with van der Waals surface area (Å²) in [6, 6.07) is 11.2. The van der Waals surface area contributed by atoms with Gasteiger partial charge in [0.15, 0.2) is 17.2 Å². The molecule has 0 bridgehead atoms. The summed E-state index contributed by atoms with van der Waals surface area (Å²) in [5.41, 5.74) is -1.54. The van der Waals surface area contributed by atoms with E-state index in [4.69, 9.17) is 21.5 Å². The van der Waals surface area contributed by atoms with E-state index in [-0.39, 0.29) is 79.3 Å². The van der Waals surface area contributed by atoms with Crippen molar-refractivity contribution in [2.45, 2.75) is 39.2 Å². The molecule has 42 nitrogen and oxygen atoms in total. The van der Waals surface area contributed by atoms with Crippen LogP contribution in [0, 0.1) is 20.2 Å². The first-order chi connectivity index (χ1) is 43.3. The SMILES string of the molecule is Nc1c(N=Nc2ccc3c(O)c(N=Nc4ccc([N+](=O)[O-])cc4SOOO)c(S(=O)(=O)O)cc3c2S(=O)(=O)O)cc(S(=O)(=O)O)c2cc(SOOO)c(N=Nc3ccc4c(O)c(N=Nc5ccc([N+](=O)[O-])cc5S(=O)(=O)O)c(SOOO)cc4c3SOOO)c(O)c12. The lowest BCUT2D eigenvalue weighted by atomic mass is 10.0. The topological polar surface area (TPSA) is 644 Å². The average Bonchev–Trinajstić information content (AvgIpc) is 0.759. The quantitative estimate of drug-likeness (QED) is 0.00456. The molecule has 0 aliphatic heterocycles. The summed E-state index contributed by atoms with van der Waals surface area (Å²) in [5, 5.41) is 135. The highest BCUT2D eigenvalue weighted by Gasteiger charge is 2.31. The number of nitrogens with zero attached hydrogens (tertiary/aromatic N) is 10. The van der Waals surface area contributed by atoms with E-state index >= 15 is 0 Å². The molecule has 8 aromatic carbocycles. The number of non-ortho nitro benzene ring substituents is 2. The van der Waals surface area contributed by atoms with Gasteiger partial charge in [-0.15, -0.1) is 58.2 Å². The fraction of sp³-hybridized carbons (Fsp3) is 0. The van der Waals surface area contributed by atoms with Crippen LogP contribution >= 0.6 is 48.2 Å². The van der Waals surface area contributed by atoms with Gasteiger partial charge in [0.25, 0.3) is 51.8 Å². The summed E-state index contributed by atoms with van der Waals surface area (Å²) < 4.78 is 162. The number of benzene rings is 8. The molecule has 92 heavy (non-hydrogen) atoms. The molecule has 0 saturated heterocycles. The number of phenolic OH excluding ortho intramolecular Hbond substituents is 3. The van der Waals surface area contributed by atoms with E-state index in [1.807, 2.05) is 0 Å². The third-order valence-electron chi connectivity index (χ3n) is 11.7. The standard InChI is InChI=1S/C42H27N11O31S8/c43-34-26(48-47-25-8-4-18-20(42(25)92(74,75)76)13-32(91(71,72)73)37(39(18)55)51-44-22-5-1-15(52(57)58)9-27(22)85-81-77-61)14-30(89(65,66)67)21-12-29(87-83-79-63)36(40(56)33(21)34)50-46-24-7-3-17-19(41(24)88-84-80-64)11-28(86-82-78-62)35(38(17)54)49-45-23-6-2-16(53(59)60)10-31(23)90(68,69)70/h1-14,54-56,61-64H,43H2,(H,65,66,67)(H,68,69,70)(H,71,72,73)(H,74,75,76). The Bertz CT molecular complexity index is 4970. The lowest BCUT2D eigenvalue weighted by Crippen LogP contribution is -2.03. The maximum absolute atomic E-state index is 13.2. The van der Waals surface area contributed by atoms with E-state index in [9.17, 15) is 92.7 Å². The Balaban J connectivity index is 1.28. The van der Waals surface area contributed by atoms with Gasteiger partial charge in [0.2, 0.25) is 0 Å². The fourth-order valence-corrected chi connectivity index (χ4v) is 12.8. The van der Waals surface area contributed by atoms with Crippen molar-refractivity contribution in [1.82, 2.24) is 0 Å². The molecule has 0 spiro atoms. The summed E-state index contributed by atoms with van der Waals surface area (Å²) in [5.74, 6) is -3.32. The molecular formula is C42H27N11O31S8. The van der Waals surface area contributed by atoms with Crippen molar-refractivity contribution in [3.05, 3.63) is 105 Å². The van der Waals surface area contributed by atoms with Crippen molar-refractivity contribution in [3.63, 3.8) is 0 Å². The molecule has 13 N–H and O–H groups in total. The molecule has 0 unspecified atom stereocenters. The minimum atomic E-state index is -5.70. The number of nitrogen functional groups attached to an aromatic ring is 1. The Morgan fingerprint density at radius 3 is 1.39 bits per heavy atom. The summed E-state index contributed by atoms with van der Waals surface area (Å²) in [6.45, 7) is 0. The normalized spacial score (nSPS) is 12.7. The van der Waals surface area contributed by atoms with Crippen molar-refractivity contribution >= 4 is 184 Å². The average molecular weight is 1440 g/mol. The van der Waals surface area contributed by atoms with Gasteiger partial charge < -0.3 is 21.1 Å². The maximum Gasteiger partial charge on any atom is 0.297 e. The highest BCUT2D eigenvalue weighted by Crippen LogP contribution is 2.53. The molecule has 0 fully saturated rings. The van der Waals surface area contributed by atoms with Crippen LogP contribution in [-0.4, -0.2) is 98.1 Å². The molecule has 8 rings (SSSR count). The zero-order valence-electron chi connectivity index (χ0n) is 43.5. The Morgan fingerprint density at radius 2 is 0.837 bits per heavy atom. The van der Waals surface area contributed by atoms with Gasteiger partial charge in [0.05, 0.1) is 88.7 Å². The smallest absolute Gasteiger partial charge is 0.297 e. The molecular weight excluding hydrogens is 1410 g/mol. The number of phenols is 3. The van der Waals surface area contributed by atoms with Crippen LogP contribution in [0.4, 0.5) is 62.6 Å². The maximum atomic E-state index is 13.2. The van der Waals surface area contributed by atoms with Gasteiger partial charge in [-0.2, -0.15) is 33.7 Å². The molecule has 0 saturated carbocycles. The number of rotatable bonds is 26. The minimum absolute atomic E-state index is 0.00326. The van der Waals surface area contributed by atoms with Crippen LogP contribution in [0.1, 0.15) is 0 Å². The van der Waals surface area contributed by atoms with Gasteiger partial charge in [0.1, 0.15) is 65.1 Å². The number of hydrogen-bond donors (Lipinski definition) is 12. The first-order valence-corrected chi connectivity index (χ1v) is 31.6. The van der Waals surface area contributed by atoms with Crippen LogP contribution < -0.4 is 5.73 Å². The Morgan fingerprint density at radius 1 is 0.402 bits per heavy atom. The molecule has 50 heteroatoms. The number of nitrogens with two attached hydrogens (primary N) is 1. The second kappa shape index (κ2) is 28.2. The van der Waals surface area contributed by atoms with Crippen molar-refractivity contribution in [2.24, 2.45) is 40.9 Å². The second-order valence-electron chi connectivity index (χ2n) is 16.9. The Labute approximate surface area is 524 Å². The van der Waals surface area contributed by atoms with Crippen LogP contribution in [0.15, 0.2) is 165 Å². The van der Waals surface area contributed by atoms with E-state index < -0.39 is 170 Å². The number of azo groups is 4. The van der Waals surface area contributed by atoms with E-state index in [2.05, 4.69) is 78.4 Å². The van der Waals surface area contributed by atoms with E-state index in [0.29, 0.717) is 18.2 Å². The van der Waals surface area contributed by atoms with Crippen LogP contribution in [-0.2, 0) is 78.0 Å². The number of nitro groups is 2. The highest BCUT2D eigenvalue weighted by molar-refractivity contribution is 7.95. The molecule has 0 radical (unpaired) electrons. The van der Waals surface area contributed by atoms with E-state index in [1.54, 1.807) is 0 Å². The monoisotopic (exact) mass is 1440 g/mol. The summed E-state index contributed by atoms with van der Waals surface area (Å²) in [6.07, 6.45) is 0. The number of nitro benzene ring substituents is 2. The zero-order valence-corrected chi connectivity index (χ0v) is 50.0. The third-order valence-corrected chi connectivity index (χ3v) is 17.9. The van der Waals surface area contributed by atoms with Crippen molar-refractivity contribution in [1.29, 1.82) is 0 Å². The van der Waals surface area contributed by atoms with Gasteiger partial charge in [-0.1, -0.05) is 20.2 Å². The molecule has 8 aromatic rings. The predicted octanol–water partition coefficient (Wildman–Crippen LogP) is 12.0. The Kier molecular flexibility index (Phi) is 21.2. The molecule has 0 aromatic heterocycles. The molecule has 0 aliphatic rings. The zero-order chi connectivity index (χ0) is 67.4. The van der Waals surface area contributed by atoms with Gasteiger partial charge in [-0.25, -0.2) is 21.0 Å². The minimum Gasteiger partial charge on any atom is -0.505 e. The summed E-state index contributed by atoms with van der Waals surface area (Å²) in [7, 11) is -22.0. The summed E-state index contributed by atoms with van der Waals surface area (Å²) in [4.78, 5) is 14.3. The highest BCUT2D eigenvalue weighted by atomic mass is 32.2. The van der Waals surface area contributed by atoms with Crippen molar-refractivity contribution in [2.75, 3.05) is 5.73 Å². The molecule has 0 amide bonds. The fourth-order valence-electron chi connectivity index (χ4n) is 7.99. The van der Waals surface area contributed by atoms with Crippen molar-refractivity contribution < 1.29 is 136 Å². The lowest BCUT2D eigenvalue weighted by Gasteiger charge is -2.15. The van der Waals surface area contributed by atoms with Gasteiger partial charge in [-0.05, 0) is 60.7 Å². The molecule has 0 heterocycles.